The van der Waals surface area contributed by atoms with Crippen molar-refractivity contribution in [3.63, 3.8) is 0 Å². The summed E-state index contributed by atoms with van der Waals surface area (Å²) in [7, 11) is 0. The number of hydrogen-bond acceptors (Lipinski definition) is 3. The third-order valence-electron chi connectivity index (χ3n) is 3.42. The second-order valence-corrected chi connectivity index (χ2v) is 5.11. The number of carbonyl (C=O) groups is 1. The predicted octanol–water partition coefficient (Wildman–Crippen LogP) is 2.24. The lowest BCUT2D eigenvalue weighted by Gasteiger charge is -2.14. The molecule has 0 saturated carbocycles. The molecule has 1 atom stereocenters. The summed E-state index contributed by atoms with van der Waals surface area (Å²) in [6, 6.07) is 9.71. The Bertz CT molecular complexity index is 548. The predicted molar refractivity (Wildman–Crippen MR) is 83.9 cm³/mol. The van der Waals surface area contributed by atoms with Crippen molar-refractivity contribution in [1.82, 2.24) is 9.78 Å². The van der Waals surface area contributed by atoms with Crippen LogP contribution >= 0.6 is 0 Å². The minimum atomic E-state index is -0.112. The van der Waals surface area contributed by atoms with Crippen LogP contribution in [0.25, 0.3) is 0 Å². The molecule has 2 rings (SSSR count). The highest BCUT2D eigenvalue weighted by Crippen LogP contribution is 2.13. The topological polar surface area (TPSA) is 72.9 Å². The molecule has 1 unspecified atom stereocenters. The molecule has 0 bridgehead atoms. The van der Waals surface area contributed by atoms with Gasteiger partial charge in [-0.15, -0.1) is 0 Å². The van der Waals surface area contributed by atoms with Gasteiger partial charge in [0.05, 0.1) is 12.5 Å². The van der Waals surface area contributed by atoms with Crippen molar-refractivity contribution in [2.75, 3.05) is 11.9 Å². The van der Waals surface area contributed by atoms with Gasteiger partial charge in [-0.05, 0) is 30.2 Å². The van der Waals surface area contributed by atoms with Crippen LogP contribution in [0.4, 0.5) is 5.69 Å². The first-order valence-corrected chi connectivity index (χ1v) is 7.30. The van der Waals surface area contributed by atoms with Gasteiger partial charge in [0.2, 0.25) is 5.91 Å². The van der Waals surface area contributed by atoms with Crippen molar-refractivity contribution in [2.45, 2.75) is 26.3 Å². The van der Waals surface area contributed by atoms with E-state index in [0.29, 0.717) is 6.54 Å². The number of nitrogens with zero attached hydrogens (tertiary/aromatic N) is 2. The van der Waals surface area contributed by atoms with Crippen LogP contribution in [-0.4, -0.2) is 22.2 Å². The van der Waals surface area contributed by atoms with Crippen LogP contribution in [0.1, 0.15) is 25.3 Å². The highest BCUT2D eigenvalue weighted by Gasteiger charge is 2.15. The van der Waals surface area contributed by atoms with Gasteiger partial charge in [0.15, 0.2) is 0 Å². The van der Waals surface area contributed by atoms with Crippen molar-refractivity contribution in [1.29, 1.82) is 0 Å². The maximum Gasteiger partial charge on any atom is 0.228 e. The van der Waals surface area contributed by atoms with Crippen LogP contribution in [-0.2, 0) is 11.3 Å². The lowest BCUT2D eigenvalue weighted by atomic mass is 10.0. The van der Waals surface area contributed by atoms with Gasteiger partial charge < -0.3 is 11.1 Å². The van der Waals surface area contributed by atoms with E-state index in [-0.39, 0.29) is 11.8 Å². The van der Waals surface area contributed by atoms with E-state index in [4.69, 9.17) is 5.73 Å². The zero-order valence-corrected chi connectivity index (χ0v) is 12.3. The molecule has 0 aliphatic heterocycles. The maximum absolute atomic E-state index is 12.1. The molecule has 0 saturated heterocycles. The average molecular weight is 286 g/mol. The number of aromatic nitrogens is 2. The SMILES string of the molecule is CCCC(CN)C(=O)Nc1ccc(Cn2cccn2)cc1. The molecule has 1 aromatic heterocycles. The van der Waals surface area contributed by atoms with Crippen LogP contribution in [0.2, 0.25) is 0 Å². The van der Waals surface area contributed by atoms with Crippen LogP contribution in [0, 0.1) is 5.92 Å². The van der Waals surface area contributed by atoms with Gasteiger partial charge in [0.25, 0.3) is 0 Å². The Balaban J connectivity index is 1.94. The number of benzene rings is 1. The minimum absolute atomic E-state index is 0.000763. The Labute approximate surface area is 125 Å². The molecule has 1 amide bonds. The summed E-state index contributed by atoms with van der Waals surface area (Å²) < 4.78 is 1.86. The summed E-state index contributed by atoms with van der Waals surface area (Å²) in [6.07, 6.45) is 5.46. The van der Waals surface area contributed by atoms with E-state index in [0.717, 1.165) is 30.6 Å². The number of anilines is 1. The Morgan fingerprint density at radius 1 is 1.38 bits per heavy atom. The largest absolute Gasteiger partial charge is 0.330 e. The van der Waals surface area contributed by atoms with Crippen LogP contribution in [0.15, 0.2) is 42.7 Å². The number of hydrogen-bond donors (Lipinski definition) is 2. The van der Waals surface area contributed by atoms with Crippen molar-refractivity contribution in [3.8, 4) is 0 Å². The first-order valence-electron chi connectivity index (χ1n) is 7.30. The quantitative estimate of drug-likeness (QED) is 0.820. The van der Waals surface area contributed by atoms with Gasteiger partial charge in [0.1, 0.15) is 0 Å². The second-order valence-electron chi connectivity index (χ2n) is 5.11. The zero-order chi connectivity index (χ0) is 15.1. The van der Waals surface area contributed by atoms with E-state index in [9.17, 15) is 4.79 Å². The summed E-state index contributed by atoms with van der Waals surface area (Å²) in [6.45, 7) is 3.17. The van der Waals surface area contributed by atoms with Gasteiger partial charge in [-0.3, -0.25) is 9.48 Å². The summed E-state index contributed by atoms with van der Waals surface area (Å²) in [5, 5.41) is 7.09. The molecule has 21 heavy (non-hydrogen) atoms. The normalized spacial score (nSPS) is 12.1. The molecule has 0 aliphatic carbocycles. The van der Waals surface area contributed by atoms with E-state index < -0.39 is 0 Å². The molecule has 0 radical (unpaired) electrons. The number of amides is 1. The summed E-state index contributed by atoms with van der Waals surface area (Å²) >= 11 is 0. The van der Waals surface area contributed by atoms with Crippen LogP contribution in [0.5, 0.6) is 0 Å². The fourth-order valence-electron chi connectivity index (χ4n) is 2.22. The molecule has 112 valence electrons. The zero-order valence-electron chi connectivity index (χ0n) is 12.3. The van der Waals surface area contributed by atoms with Crippen LogP contribution < -0.4 is 11.1 Å². The second kappa shape index (κ2) is 7.59. The summed E-state index contributed by atoms with van der Waals surface area (Å²) in [4.78, 5) is 12.1. The molecule has 2 aromatic rings. The van der Waals surface area contributed by atoms with Gasteiger partial charge >= 0.3 is 0 Å². The Hall–Kier alpha value is -2.14. The highest BCUT2D eigenvalue weighted by molar-refractivity contribution is 5.92. The first kappa shape index (κ1) is 15.3. The molecule has 1 heterocycles. The fourth-order valence-corrected chi connectivity index (χ4v) is 2.22. The maximum atomic E-state index is 12.1. The molecule has 3 N–H and O–H groups in total. The third kappa shape index (κ3) is 4.43. The van der Waals surface area contributed by atoms with E-state index in [2.05, 4.69) is 17.3 Å². The molecule has 5 heteroatoms. The molecular formula is C16H22N4O. The fraction of sp³-hybridized carbons (Fsp3) is 0.375. The van der Waals surface area contributed by atoms with E-state index >= 15 is 0 Å². The van der Waals surface area contributed by atoms with E-state index in [1.54, 1.807) is 6.20 Å². The molecule has 0 fully saturated rings. The molecule has 0 aliphatic rings. The summed E-state index contributed by atoms with van der Waals surface area (Å²) in [5.74, 6) is -0.113. The molecule has 1 aromatic carbocycles. The van der Waals surface area contributed by atoms with E-state index in [1.165, 1.54) is 0 Å². The van der Waals surface area contributed by atoms with Crippen LogP contribution in [0.3, 0.4) is 0 Å². The highest BCUT2D eigenvalue weighted by atomic mass is 16.1. The first-order chi connectivity index (χ1) is 10.2. The molecule has 5 nitrogen and oxygen atoms in total. The monoisotopic (exact) mass is 286 g/mol. The number of nitrogens with one attached hydrogen (secondary N) is 1. The van der Waals surface area contributed by atoms with Gasteiger partial charge in [0, 0.05) is 24.6 Å². The number of carbonyl (C=O) groups excluding carboxylic acids is 1. The summed E-state index contributed by atoms with van der Waals surface area (Å²) in [5.41, 5.74) is 7.59. The van der Waals surface area contributed by atoms with Crippen molar-refractivity contribution in [3.05, 3.63) is 48.3 Å². The van der Waals surface area contributed by atoms with E-state index in [1.807, 2.05) is 41.2 Å². The van der Waals surface area contributed by atoms with Crippen molar-refractivity contribution >= 4 is 11.6 Å². The molecule has 0 spiro atoms. The number of nitrogens with two attached hydrogens (primary N) is 1. The third-order valence-corrected chi connectivity index (χ3v) is 3.42. The number of rotatable bonds is 7. The lowest BCUT2D eigenvalue weighted by molar-refractivity contribution is -0.119. The molecular weight excluding hydrogens is 264 g/mol. The minimum Gasteiger partial charge on any atom is -0.330 e. The average Bonchev–Trinajstić information content (AvgIpc) is 2.99. The van der Waals surface area contributed by atoms with Gasteiger partial charge in [-0.2, -0.15) is 5.10 Å². The van der Waals surface area contributed by atoms with Gasteiger partial charge in [-0.1, -0.05) is 25.5 Å². The Morgan fingerprint density at radius 3 is 2.71 bits per heavy atom. The Kier molecular flexibility index (Phi) is 5.51. The van der Waals surface area contributed by atoms with Crippen molar-refractivity contribution in [2.24, 2.45) is 11.7 Å². The smallest absolute Gasteiger partial charge is 0.228 e. The standard InChI is InChI=1S/C16H22N4O/c1-2-4-14(11-17)16(21)19-15-7-5-13(6-8-15)12-20-10-3-9-18-20/h3,5-10,14H,2,4,11-12,17H2,1H3,(H,19,21). The van der Waals surface area contributed by atoms with Crippen molar-refractivity contribution < 1.29 is 4.79 Å². The Morgan fingerprint density at radius 2 is 2.14 bits per heavy atom. The van der Waals surface area contributed by atoms with Gasteiger partial charge in [-0.25, -0.2) is 0 Å². The lowest BCUT2D eigenvalue weighted by Crippen LogP contribution is -2.29.